The molecule has 1 saturated heterocycles. The lowest BCUT2D eigenvalue weighted by atomic mass is 9.87. The fourth-order valence-corrected chi connectivity index (χ4v) is 3.35. The van der Waals surface area contributed by atoms with E-state index in [0.29, 0.717) is 38.8 Å². The van der Waals surface area contributed by atoms with Gasteiger partial charge in [-0.1, -0.05) is 24.3 Å². The van der Waals surface area contributed by atoms with Crippen molar-refractivity contribution in [3.8, 4) is 0 Å². The van der Waals surface area contributed by atoms with E-state index in [4.69, 9.17) is 0 Å². The standard InChI is InChI=1S/C21H21F2NO2/c22-17-5-1-15(2-6-17)20(16-3-7-18(23)8-4-16)9-10-21(26)24-13-11-19(25)12-14-24/h1-8,20H,9-14H2. The van der Waals surface area contributed by atoms with Crippen molar-refractivity contribution >= 4 is 11.7 Å². The molecule has 0 aromatic heterocycles. The monoisotopic (exact) mass is 357 g/mol. The van der Waals surface area contributed by atoms with Crippen molar-refractivity contribution in [3.05, 3.63) is 71.3 Å². The molecule has 0 atom stereocenters. The highest BCUT2D eigenvalue weighted by Crippen LogP contribution is 2.30. The number of benzene rings is 2. The van der Waals surface area contributed by atoms with Gasteiger partial charge in [0.05, 0.1) is 0 Å². The van der Waals surface area contributed by atoms with E-state index in [1.165, 1.54) is 24.3 Å². The second-order valence-corrected chi connectivity index (χ2v) is 6.61. The SMILES string of the molecule is O=C1CCN(C(=O)CCC(c2ccc(F)cc2)c2ccc(F)cc2)CC1. The number of Topliss-reactive ketones (excluding diaryl/α,β-unsaturated/α-hetero) is 1. The van der Waals surface area contributed by atoms with E-state index in [9.17, 15) is 18.4 Å². The van der Waals surface area contributed by atoms with Gasteiger partial charge in [0.25, 0.3) is 0 Å². The largest absolute Gasteiger partial charge is 0.342 e. The van der Waals surface area contributed by atoms with Crippen molar-refractivity contribution in [2.45, 2.75) is 31.6 Å². The third-order valence-electron chi connectivity index (χ3n) is 4.87. The molecule has 0 saturated carbocycles. The fraction of sp³-hybridized carbons (Fsp3) is 0.333. The number of likely N-dealkylation sites (tertiary alicyclic amines) is 1. The van der Waals surface area contributed by atoms with Gasteiger partial charge in [0, 0.05) is 38.3 Å². The number of halogens is 2. The first-order valence-electron chi connectivity index (χ1n) is 8.83. The van der Waals surface area contributed by atoms with Crippen molar-refractivity contribution in [3.63, 3.8) is 0 Å². The summed E-state index contributed by atoms with van der Waals surface area (Å²) in [5.74, 6) is -0.538. The number of hydrogen-bond acceptors (Lipinski definition) is 2. The highest BCUT2D eigenvalue weighted by Gasteiger charge is 2.22. The van der Waals surface area contributed by atoms with Crippen LogP contribution in [0.2, 0.25) is 0 Å². The van der Waals surface area contributed by atoms with E-state index in [1.807, 2.05) is 0 Å². The Morgan fingerprint density at radius 2 is 1.35 bits per heavy atom. The van der Waals surface area contributed by atoms with Crippen LogP contribution in [0.15, 0.2) is 48.5 Å². The Kier molecular flexibility index (Phi) is 5.76. The van der Waals surface area contributed by atoms with Crippen molar-refractivity contribution < 1.29 is 18.4 Å². The first-order chi connectivity index (χ1) is 12.5. The van der Waals surface area contributed by atoms with E-state index in [0.717, 1.165) is 11.1 Å². The predicted molar refractivity (Wildman–Crippen MR) is 94.7 cm³/mol. The molecule has 0 spiro atoms. The van der Waals surface area contributed by atoms with Crippen molar-refractivity contribution in [2.24, 2.45) is 0 Å². The zero-order valence-electron chi connectivity index (χ0n) is 14.5. The van der Waals surface area contributed by atoms with Gasteiger partial charge in [-0.05, 0) is 41.8 Å². The van der Waals surface area contributed by atoms with E-state index in [1.54, 1.807) is 29.2 Å². The Balaban J connectivity index is 1.73. The van der Waals surface area contributed by atoms with Gasteiger partial charge < -0.3 is 4.90 Å². The highest BCUT2D eigenvalue weighted by atomic mass is 19.1. The summed E-state index contributed by atoms with van der Waals surface area (Å²) in [4.78, 5) is 25.5. The van der Waals surface area contributed by atoms with Crippen molar-refractivity contribution in [1.29, 1.82) is 0 Å². The van der Waals surface area contributed by atoms with Crippen molar-refractivity contribution in [2.75, 3.05) is 13.1 Å². The average Bonchev–Trinajstić information content (AvgIpc) is 2.65. The van der Waals surface area contributed by atoms with E-state index in [2.05, 4.69) is 0 Å². The first kappa shape index (κ1) is 18.2. The fourth-order valence-electron chi connectivity index (χ4n) is 3.35. The van der Waals surface area contributed by atoms with Crippen LogP contribution < -0.4 is 0 Å². The number of amides is 1. The van der Waals surface area contributed by atoms with Gasteiger partial charge in [0.15, 0.2) is 0 Å². The Bertz CT molecular complexity index is 716. The molecule has 5 heteroatoms. The minimum atomic E-state index is -0.319. The van der Waals surface area contributed by atoms with Crippen LogP contribution in [0.4, 0.5) is 8.78 Å². The van der Waals surface area contributed by atoms with Gasteiger partial charge in [-0.3, -0.25) is 9.59 Å². The van der Waals surface area contributed by atoms with Crippen LogP contribution in [0.5, 0.6) is 0 Å². The third kappa shape index (κ3) is 4.54. The van der Waals surface area contributed by atoms with Gasteiger partial charge in [-0.15, -0.1) is 0 Å². The molecule has 2 aromatic rings. The Morgan fingerprint density at radius 3 is 1.81 bits per heavy atom. The second-order valence-electron chi connectivity index (χ2n) is 6.61. The Hall–Kier alpha value is -2.56. The summed E-state index contributed by atoms with van der Waals surface area (Å²) in [7, 11) is 0. The minimum Gasteiger partial charge on any atom is -0.342 e. The van der Waals surface area contributed by atoms with Gasteiger partial charge in [-0.25, -0.2) is 8.78 Å². The van der Waals surface area contributed by atoms with Gasteiger partial charge in [0.1, 0.15) is 17.4 Å². The normalized spacial score (nSPS) is 14.7. The van der Waals surface area contributed by atoms with Gasteiger partial charge >= 0.3 is 0 Å². The molecule has 1 aliphatic rings. The summed E-state index contributed by atoms with van der Waals surface area (Å²) in [6.45, 7) is 0.963. The van der Waals surface area contributed by atoms with Crippen LogP contribution in [0, 0.1) is 11.6 Å². The molecule has 0 N–H and O–H groups in total. The van der Waals surface area contributed by atoms with Crippen LogP contribution in [-0.2, 0) is 9.59 Å². The second kappa shape index (κ2) is 8.21. The van der Waals surface area contributed by atoms with Crippen LogP contribution >= 0.6 is 0 Å². The molecule has 3 rings (SSSR count). The van der Waals surface area contributed by atoms with Crippen molar-refractivity contribution in [1.82, 2.24) is 4.90 Å². The highest BCUT2D eigenvalue weighted by molar-refractivity contribution is 5.83. The maximum atomic E-state index is 13.3. The number of carbonyl (C=O) groups excluding carboxylic acids is 2. The maximum absolute atomic E-state index is 13.3. The number of rotatable bonds is 5. The number of nitrogens with zero attached hydrogens (tertiary/aromatic N) is 1. The summed E-state index contributed by atoms with van der Waals surface area (Å²) in [6.07, 6.45) is 1.71. The Labute approximate surface area is 151 Å². The third-order valence-corrected chi connectivity index (χ3v) is 4.87. The molecule has 0 unspecified atom stereocenters. The molecule has 0 bridgehead atoms. The van der Waals surface area contributed by atoms with Crippen LogP contribution in [0.25, 0.3) is 0 Å². The summed E-state index contributed by atoms with van der Waals surface area (Å²) < 4.78 is 26.5. The molecule has 1 aliphatic heterocycles. The molecule has 3 nitrogen and oxygen atoms in total. The molecular formula is C21H21F2NO2. The molecule has 0 radical (unpaired) electrons. The van der Waals surface area contributed by atoms with Crippen LogP contribution in [-0.4, -0.2) is 29.7 Å². The average molecular weight is 357 g/mol. The summed E-state index contributed by atoms with van der Waals surface area (Å²) in [6, 6.07) is 12.4. The van der Waals surface area contributed by atoms with E-state index >= 15 is 0 Å². The summed E-state index contributed by atoms with van der Waals surface area (Å²) >= 11 is 0. The summed E-state index contributed by atoms with van der Waals surface area (Å²) in [5.41, 5.74) is 1.78. The molecule has 1 fully saturated rings. The molecule has 1 heterocycles. The molecular weight excluding hydrogens is 336 g/mol. The van der Waals surface area contributed by atoms with Gasteiger partial charge in [-0.2, -0.15) is 0 Å². The lowest BCUT2D eigenvalue weighted by Crippen LogP contribution is -2.38. The van der Waals surface area contributed by atoms with E-state index < -0.39 is 0 Å². The number of ketones is 1. The molecule has 26 heavy (non-hydrogen) atoms. The lowest BCUT2D eigenvalue weighted by molar-refractivity contribution is -0.134. The van der Waals surface area contributed by atoms with Crippen LogP contribution in [0.3, 0.4) is 0 Å². The molecule has 1 amide bonds. The number of piperidine rings is 1. The predicted octanol–water partition coefficient (Wildman–Crippen LogP) is 4.07. The zero-order valence-corrected chi connectivity index (χ0v) is 14.5. The molecule has 2 aromatic carbocycles. The number of carbonyl (C=O) groups is 2. The van der Waals surface area contributed by atoms with E-state index in [-0.39, 0.29) is 29.2 Å². The maximum Gasteiger partial charge on any atom is 0.222 e. The first-order valence-corrected chi connectivity index (χ1v) is 8.83. The zero-order chi connectivity index (χ0) is 18.5. The smallest absolute Gasteiger partial charge is 0.222 e. The molecule has 136 valence electrons. The summed E-state index contributed by atoms with van der Waals surface area (Å²) in [5, 5.41) is 0. The number of hydrogen-bond donors (Lipinski definition) is 0. The minimum absolute atomic E-state index is 0.0201. The lowest BCUT2D eigenvalue weighted by Gasteiger charge is -2.27. The van der Waals surface area contributed by atoms with Crippen LogP contribution in [0.1, 0.15) is 42.7 Å². The quantitative estimate of drug-likeness (QED) is 0.809. The van der Waals surface area contributed by atoms with Gasteiger partial charge in [0.2, 0.25) is 5.91 Å². The topological polar surface area (TPSA) is 37.4 Å². The Morgan fingerprint density at radius 1 is 0.885 bits per heavy atom. The molecule has 0 aliphatic carbocycles.